The van der Waals surface area contributed by atoms with Crippen LogP contribution in [0.4, 0.5) is 0 Å². The van der Waals surface area contributed by atoms with Crippen molar-refractivity contribution in [1.29, 1.82) is 0 Å². The third kappa shape index (κ3) is 1.98. The van der Waals surface area contributed by atoms with Gasteiger partial charge < -0.3 is 10.3 Å². The van der Waals surface area contributed by atoms with Gasteiger partial charge in [0.2, 0.25) is 0 Å². The number of aromatic nitrogens is 2. The summed E-state index contributed by atoms with van der Waals surface area (Å²) in [4.78, 5) is 4.67. The number of halogens is 1. The molecule has 16 heavy (non-hydrogen) atoms. The molecule has 0 bridgehead atoms. The van der Waals surface area contributed by atoms with E-state index in [1.165, 1.54) is 12.8 Å². The Morgan fingerprint density at radius 3 is 2.94 bits per heavy atom. The highest BCUT2D eigenvalue weighted by Gasteiger charge is 2.26. The van der Waals surface area contributed by atoms with Crippen LogP contribution in [0.5, 0.6) is 0 Å². The molecule has 0 saturated carbocycles. The Morgan fingerprint density at radius 1 is 1.56 bits per heavy atom. The van der Waals surface area contributed by atoms with Gasteiger partial charge in [-0.1, -0.05) is 25.4 Å². The van der Waals surface area contributed by atoms with Crippen LogP contribution < -0.4 is 5.73 Å². The average Bonchev–Trinajstić information content (AvgIpc) is 2.58. The van der Waals surface area contributed by atoms with E-state index in [1.807, 2.05) is 0 Å². The van der Waals surface area contributed by atoms with Crippen LogP contribution in [0.1, 0.15) is 56.6 Å². The highest BCUT2D eigenvalue weighted by atomic mass is 35.5. The summed E-state index contributed by atoms with van der Waals surface area (Å²) in [6, 6.07) is 0.459. The number of nitrogens with two attached hydrogens (primary N) is 1. The van der Waals surface area contributed by atoms with Crippen LogP contribution in [0.15, 0.2) is 0 Å². The molecule has 1 unspecified atom stereocenters. The standard InChI is InChI=1S/C12H20ClN3/c1-8(2)11-12(13)16-9(6-7-14)4-3-5-10(16)15-11/h8-9H,3-7,14H2,1-2H3. The van der Waals surface area contributed by atoms with Crippen LogP contribution in [0.25, 0.3) is 0 Å². The first-order chi connectivity index (χ1) is 7.65. The molecule has 0 aliphatic carbocycles. The van der Waals surface area contributed by atoms with Gasteiger partial charge in [-0.05, 0) is 31.7 Å². The molecule has 0 fully saturated rings. The largest absolute Gasteiger partial charge is 0.330 e. The summed E-state index contributed by atoms with van der Waals surface area (Å²) in [6.45, 7) is 4.99. The molecule has 4 heteroatoms. The lowest BCUT2D eigenvalue weighted by molar-refractivity contribution is 0.379. The summed E-state index contributed by atoms with van der Waals surface area (Å²) in [5, 5.41) is 0.836. The van der Waals surface area contributed by atoms with Crippen molar-refractivity contribution >= 4 is 11.6 Å². The fourth-order valence-corrected chi connectivity index (χ4v) is 2.98. The summed E-state index contributed by atoms with van der Waals surface area (Å²) in [5.74, 6) is 1.54. The zero-order valence-electron chi connectivity index (χ0n) is 10.0. The summed E-state index contributed by atoms with van der Waals surface area (Å²) < 4.78 is 2.22. The number of rotatable bonds is 3. The average molecular weight is 242 g/mol. The predicted octanol–water partition coefficient (Wildman–Crippen LogP) is 2.89. The summed E-state index contributed by atoms with van der Waals surface area (Å²) in [6.07, 6.45) is 4.43. The molecule has 0 spiro atoms. The lowest BCUT2D eigenvalue weighted by Gasteiger charge is -2.25. The zero-order chi connectivity index (χ0) is 11.7. The van der Waals surface area contributed by atoms with Crippen LogP contribution in [-0.4, -0.2) is 16.1 Å². The van der Waals surface area contributed by atoms with Gasteiger partial charge in [0.1, 0.15) is 11.0 Å². The molecule has 2 N–H and O–H groups in total. The van der Waals surface area contributed by atoms with E-state index in [9.17, 15) is 0 Å². The van der Waals surface area contributed by atoms with Gasteiger partial charge in [-0.25, -0.2) is 4.98 Å². The number of hydrogen-bond acceptors (Lipinski definition) is 2. The van der Waals surface area contributed by atoms with Crippen LogP contribution in [0, 0.1) is 0 Å². The van der Waals surface area contributed by atoms with Gasteiger partial charge >= 0.3 is 0 Å². The van der Waals surface area contributed by atoms with E-state index in [0.29, 0.717) is 12.0 Å². The SMILES string of the molecule is CC(C)c1nc2n(c1Cl)C(CCN)CCC2. The number of aryl methyl sites for hydroxylation is 1. The van der Waals surface area contributed by atoms with Gasteiger partial charge in [-0.15, -0.1) is 0 Å². The van der Waals surface area contributed by atoms with Crippen molar-refractivity contribution in [3.63, 3.8) is 0 Å². The molecule has 2 rings (SSSR count). The Labute approximate surface area is 102 Å². The Morgan fingerprint density at radius 2 is 2.31 bits per heavy atom. The van der Waals surface area contributed by atoms with Crippen molar-refractivity contribution in [1.82, 2.24) is 9.55 Å². The maximum atomic E-state index is 6.43. The van der Waals surface area contributed by atoms with Gasteiger partial charge in [-0.2, -0.15) is 0 Å². The van der Waals surface area contributed by atoms with Gasteiger partial charge in [0.15, 0.2) is 0 Å². The fourth-order valence-electron chi connectivity index (χ4n) is 2.48. The van der Waals surface area contributed by atoms with Crippen LogP contribution in [0.3, 0.4) is 0 Å². The van der Waals surface area contributed by atoms with E-state index in [-0.39, 0.29) is 0 Å². The normalized spacial score (nSPS) is 20.2. The Balaban J connectivity index is 2.39. The van der Waals surface area contributed by atoms with Crippen molar-refractivity contribution < 1.29 is 0 Å². The second kappa shape index (κ2) is 4.76. The quantitative estimate of drug-likeness (QED) is 0.885. The van der Waals surface area contributed by atoms with Gasteiger partial charge in [0.25, 0.3) is 0 Å². The first-order valence-corrected chi connectivity index (χ1v) is 6.49. The highest BCUT2D eigenvalue weighted by molar-refractivity contribution is 6.30. The lowest BCUT2D eigenvalue weighted by atomic mass is 10.0. The molecule has 2 heterocycles. The van der Waals surface area contributed by atoms with Crippen LogP contribution >= 0.6 is 11.6 Å². The first kappa shape index (κ1) is 11.9. The van der Waals surface area contributed by atoms with E-state index in [2.05, 4.69) is 23.4 Å². The highest BCUT2D eigenvalue weighted by Crippen LogP contribution is 2.35. The minimum Gasteiger partial charge on any atom is -0.330 e. The molecular weight excluding hydrogens is 222 g/mol. The topological polar surface area (TPSA) is 43.8 Å². The number of hydrogen-bond donors (Lipinski definition) is 1. The molecular formula is C12H20ClN3. The third-order valence-corrected chi connectivity index (χ3v) is 3.68. The van der Waals surface area contributed by atoms with Crippen molar-refractivity contribution in [2.24, 2.45) is 5.73 Å². The molecule has 1 aromatic rings. The van der Waals surface area contributed by atoms with Crippen molar-refractivity contribution in [3.8, 4) is 0 Å². The monoisotopic (exact) mass is 241 g/mol. The van der Waals surface area contributed by atoms with E-state index >= 15 is 0 Å². The molecule has 1 atom stereocenters. The predicted molar refractivity (Wildman–Crippen MR) is 67.0 cm³/mol. The molecule has 0 radical (unpaired) electrons. The Hall–Kier alpha value is -0.540. The molecule has 0 aromatic carbocycles. The molecule has 1 aromatic heterocycles. The molecule has 90 valence electrons. The van der Waals surface area contributed by atoms with Crippen LogP contribution in [0.2, 0.25) is 5.15 Å². The van der Waals surface area contributed by atoms with E-state index in [4.69, 9.17) is 17.3 Å². The van der Waals surface area contributed by atoms with Gasteiger partial charge in [0.05, 0.1) is 5.69 Å². The minimum atomic E-state index is 0.393. The Bertz CT molecular complexity index is 371. The number of nitrogens with zero attached hydrogens (tertiary/aromatic N) is 2. The smallest absolute Gasteiger partial charge is 0.132 e. The van der Waals surface area contributed by atoms with E-state index in [0.717, 1.165) is 36.1 Å². The Kier molecular flexibility index (Phi) is 3.55. The lowest BCUT2D eigenvalue weighted by Crippen LogP contribution is -2.20. The second-order valence-electron chi connectivity index (χ2n) is 4.85. The van der Waals surface area contributed by atoms with Crippen molar-refractivity contribution in [2.75, 3.05) is 6.54 Å². The zero-order valence-corrected chi connectivity index (χ0v) is 10.8. The van der Waals surface area contributed by atoms with E-state index in [1.54, 1.807) is 0 Å². The first-order valence-electron chi connectivity index (χ1n) is 6.11. The summed E-state index contributed by atoms with van der Waals surface area (Å²) in [5.41, 5.74) is 6.70. The molecule has 0 amide bonds. The van der Waals surface area contributed by atoms with Crippen molar-refractivity contribution in [2.45, 2.75) is 51.5 Å². The van der Waals surface area contributed by atoms with Gasteiger partial charge in [-0.3, -0.25) is 0 Å². The number of fused-ring (bicyclic) bond motifs is 1. The number of imidazole rings is 1. The van der Waals surface area contributed by atoms with Crippen LogP contribution in [-0.2, 0) is 6.42 Å². The van der Waals surface area contributed by atoms with Gasteiger partial charge in [0, 0.05) is 12.5 Å². The fraction of sp³-hybridized carbons (Fsp3) is 0.750. The maximum absolute atomic E-state index is 6.43. The molecule has 3 nitrogen and oxygen atoms in total. The molecule has 0 saturated heterocycles. The van der Waals surface area contributed by atoms with Crippen molar-refractivity contribution in [3.05, 3.63) is 16.7 Å². The van der Waals surface area contributed by atoms with E-state index < -0.39 is 0 Å². The molecule has 1 aliphatic heterocycles. The minimum absolute atomic E-state index is 0.393. The molecule has 1 aliphatic rings. The summed E-state index contributed by atoms with van der Waals surface area (Å²) >= 11 is 6.43. The third-order valence-electron chi connectivity index (χ3n) is 3.30. The maximum Gasteiger partial charge on any atom is 0.132 e. The second-order valence-corrected chi connectivity index (χ2v) is 5.21. The summed E-state index contributed by atoms with van der Waals surface area (Å²) in [7, 11) is 0.